The summed E-state index contributed by atoms with van der Waals surface area (Å²) in [7, 11) is 0.670. The monoisotopic (exact) mass is 180 g/mol. The SMILES string of the molecule is CN(C)CCCCS(N)(=O)=O. The van der Waals surface area contributed by atoms with Gasteiger partial charge in [0.25, 0.3) is 0 Å². The fraction of sp³-hybridized carbons (Fsp3) is 1.00. The molecule has 0 aromatic carbocycles. The predicted molar refractivity (Wildman–Crippen MR) is 45.8 cm³/mol. The Kier molecular flexibility index (Phi) is 4.63. The standard InChI is InChI=1S/C6H16N2O2S/c1-8(2)5-3-4-6-11(7,9)10/h3-6H2,1-2H3,(H2,7,9,10). The average Bonchev–Trinajstić information content (AvgIpc) is 1.78. The molecule has 0 heterocycles. The summed E-state index contributed by atoms with van der Waals surface area (Å²) in [6.07, 6.45) is 1.53. The van der Waals surface area contributed by atoms with Crippen molar-refractivity contribution in [2.75, 3.05) is 26.4 Å². The Morgan fingerprint density at radius 2 is 1.82 bits per heavy atom. The van der Waals surface area contributed by atoms with Gasteiger partial charge in [0, 0.05) is 0 Å². The number of primary sulfonamides is 1. The van der Waals surface area contributed by atoms with Gasteiger partial charge in [-0.2, -0.15) is 0 Å². The molecule has 0 aliphatic rings. The molecule has 0 radical (unpaired) electrons. The van der Waals surface area contributed by atoms with Crippen LogP contribution in [0.3, 0.4) is 0 Å². The van der Waals surface area contributed by atoms with E-state index in [4.69, 9.17) is 5.14 Å². The molecule has 4 nitrogen and oxygen atoms in total. The average molecular weight is 180 g/mol. The van der Waals surface area contributed by atoms with Gasteiger partial charge < -0.3 is 4.90 Å². The lowest BCUT2D eigenvalue weighted by atomic mass is 10.3. The minimum atomic E-state index is -3.24. The van der Waals surface area contributed by atoms with Crippen molar-refractivity contribution in [2.24, 2.45) is 5.14 Å². The Balaban J connectivity index is 3.30. The summed E-state index contributed by atoms with van der Waals surface area (Å²) in [6.45, 7) is 0.912. The Bertz CT molecular complexity index is 187. The quantitative estimate of drug-likeness (QED) is 0.586. The molecule has 0 aromatic rings. The van der Waals surface area contributed by atoms with Gasteiger partial charge in [-0.25, -0.2) is 13.6 Å². The number of unbranched alkanes of at least 4 members (excludes halogenated alkanes) is 1. The van der Waals surface area contributed by atoms with E-state index in [1.165, 1.54) is 0 Å². The Morgan fingerprint density at radius 1 is 1.27 bits per heavy atom. The van der Waals surface area contributed by atoms with Crippen LogP contribution in [0.5, 0.6) is 0 Å². The Hall–Kier alpha value is -0.130. The van der Waals surface area contributed by atoms with E-state index in [9.17, 15) is 8.42 Å². The van der Waals surface area contributed by atoms with Crippen molar-refractivity contribution >= 4 is 10.0 Å². The first kappa shape index (κ1) is 10.9. The van der Waals surface area contributed by atoms with Gasteiger partial charge in [-0.15, -0.1) is 0 Å². The van der Waals surface area contributed by atoms with E-state index in [1.807, 2.05) is 19.0 Å². The molecule has 68 valence electrons. The zero-order chi connectivity index (χ0) is 8.91. The molecule has 0 atom stereocenters. The van der Waals surface area contributed by atoms with E-state index in [1.54, 1.807) is 0 Å². The number of hydrogen-bond donors (Lipinski definition) is 1. The van der Waals surface area contributed by atoms with Crippen LogP contribution in [-0.4, -0.2) is 39.7 Å². The summed E-state index contributed by atoms with van der Waals surface area (Å²) in [6, 6.07) is 0. The summed E-state index contributed by atoms with van der Waals surface area (Å²) in [5.41, 5.74) is 0. The molecule has 0 spiro atoms. The molecule has 0 bridgehead atoms. The number of sulfonamides is 1. The van der Waals surface area contributed by atoms with Crippen LogP contribution < -0.4 is 5.14 Å². The second-order valence-electron chi connectivity index (χ2n) is 2.88. The summed E-state index contributed by atoms with van der Waals surface area (Å²) in [5, 5.41) is 4.81. The largest absolute Gasteiger partial charge is 0.309 e. The van der Waals surface area contributed by atoms with E-state index in [0.717, 1.165) is 13.0 Å². The fourth-order valence-electron chi connectivity index (χ4n) is 0.731. The minimum absolute atomic E-state index is 0.0981. The minimum Gasteiger partial charge on any atom is -0.309 e. The highest BCUT2D eigenvalue weighted by molar-refractivity contribution is 7.89. The lowest BCUT2D eigenvalue weighted by Crippen LogP contribution is -2.18. The second-order valence-corrected chi connectivity index (χ2v) is 4.61. The zero-order valence-electron chi connectivity index (χ0n) is 7.08. The summed E-state index contributed by atoms with van der Waals surface area (Å²) >= 11 is 0. The third-order valence-corrected chi connectivity index (χ3v) is 2.14. The topological polar surface area (TPSA) is 63.4 Å². The molecule has 0 aliphatic heterocycles. The molecule has 0 aliphatic carbocycles. The number of nitrogens with zero attached hydrogens (tertiary/aromatic N) is 1. The maximum absolute atomic E-state index is 10.4. The van der Waals surface area contributed by atoms with Crippen molar-refractivity contribution in [1.29, 1.82) is 0 Å². The molecule has 0 aromatic heterocycles. The highest BCUT2D eigenvalue weighted by Crippen LogP contribution is 1.92. The third-order valence-electron chi connectivity index (χ3n) is 1.28. The highest BCUT2D eigenvalue weighted by atomic mass is 32.2. The van der Waals surface area contributed by atoms with Crippen LogP contribution in [0.2, 0.25) is 0 Å². The molecule has 5 heteroatoms. The molecular weight excluding hydrogens is 164 g/mol. The molecule has 11 heavy (non-hydrogen) atoms. The maximum Gasteiger partial charge on any atom is 0.209 e. The molecule has 0 amide bonds. The molecule has 2 N–H and O–H groups in total. The van der Waals surface area contributed by atoms with E-state index < -0.39 is 10.0 Å². The lowest BCUT2D eigenvalue weighted by Gasteiger charge is -2.07. The summed E-state index contributed by atoms with van der Waals surface area (Å²) < 4.78 is 20.9. The second kappa shape index (κ2) is 4.69. The Labute approximate surface area is 68.4 Å². The Morgan fingerprint density at radius 3 is 2.18 bits per heavy atom. The first-order valence-corrected chi connectivity index (χ1v) is 5.28. The molecular formula is C6H16N2O2S. The van der Waals surface area contributed by atoms with Crippen LogP contribution in [-0.2, 0) is 10.0 Å². The van der Waals surface area contributed by atoms with Crippen LogP contribution >= 0.6 is 0 Å². The van der Waals surface area contributed by atoms with E-state index >= 15 is 0 Å². The van der Waals surface area contributed by atoms with E-state index in [-0.39, 0.29) is 5.75 Å². The van der Waals surface area contributed by atoms with Gasteiger partial charge in [-0.3, -0.25) is 0 Å². The van der Waals surface area contributed by atoms with Gasteiger partial charge >= 0.3 is 0 Å². The molecule has 0 fully saturated rings. The van der Waals surface area contributed by atoms with Gasteiger partial charge in [0.1, 0.15) is 0 Å². The van der Waals surface area contributed by atoms with E-state index in [0.29, 0.717) is 6.42 Å². The van der Waals surface area contributed by atoms with Crippen LogP contribution in [0.1, 0.15) is 12.8 Å². The van der Waals surface area contributed by atoms with Crippen LogP contribution in [0, 0.1) is 0 Å². The summed E-state index contributed by atoms with van der Waals surface area (Å²) in [4.78, 5) is 2.02. The molecule has 0 saturated carbocycles. The van der Waals surface area contributed by atoms with Crippen molar-refractivity contribution in [3.63, 3.8) is 0 Å². The number of hydrogen-bond acceptors (Lipinski definition) is 3. The van der Waals surface area contributed by atoms with Gasteiger partial charge in [-0.1, -0.05) is 0 Å². The van der Waals surface area contributed by atoms with Crippen LogP contribution in [0.4, 0.5) is 0 Å². The number of nitrogens with two attached hydrogens (primary N) is 1. The van der Waals surface area contributed by atoms with Crippen molar-refractivity contribution in [3.8, 4) is 0 Å². The van der Waals surface area contributed by atoms with Crippen molar-refractivity contribution < 1.29 is 8.42 Å². The van der Waals surface area contributed by atoms with E-state index in [2.05, 4.69) is 0 Å². The number of rotatable bonds is 5. The normalized spacial score (nSPS) is 12.4. The third kappa shape index (κ3) is 9.87. The van der Waals surface area contributed by atoms with Gasteiger partial charge in [0.2, 0.25) is 10.0 Å². The smallest absolute Gasteiger partial charge is 0.209 e. The summed E-state index contributed by atoms with van der Waals surface area (Å²) in [5.74, 6) is 0.0981. The van der Waals surface area contributed by atoms with Crippen molar-refractivity contribution in [1.82, 2.24) is 4.90 Å². The first-order valence-electron chi connectivity index (χ1n) is 3.57. The van der Waals surface area contributed by atoms with Crippen LogP contribution in [0.15, 0.2) is 0 Å². The first-order chi connectivity index (χ1) is 4.92. The zero-order valence-corrected chi connectivity index (χ0v) is 7.89. The molecule has 0 saturated heterocycles. The van der Waals surface area contributed by atoms with Gasteiger partial charge in [0.05, 0.1) is 5.75 Å². The van der Waals surface area contributed by atoms with Crippen molar-refractivity contribution in [2.45, 2.75) is 12.8 Å². The predicted octanol–water partition coefficient (Wildman–Crippen LogP) is -0.383. The van der Waals surface area contributed by atoms with Crippen molar-refractivity contribution in [3.05, 3.63) is 0 Å². The van der Waals surface area contributed by atoms with Gasteiger partial charge in [0.15, 0.2) is 0 Å². The molecule has 0 rings (SSSR count). The van der Waals surface area contributed by atoms with Gasteiger partial charge in [-0.05, 0) is 33.5 Å². The molecule has 0 unspecified atom stereocenters. The lowest BCUT2D eigenvalue weighted by molar-refractivity contribution is 0.398. The van der Waals surface area contributed by atoms with Crippen LogP contribution in [0.25, 0.3) is 0 Å². The highest BCUT2D eigenvalue weighted by Gasteiger charge is 2.01. The maximum atomic E-state index is 10.4. The fourth-order valence-corrected chi connectivity index (χ4v) is 1.34.